The zero-order valence-electron chi connectivity index (χ0n) is 58.6. The average Bonchev–Trinajstić information content (AvgIpc) is 1.45. The van der Waals surface area contributed by atoms with E-state index in [1.165, 1.54) is 110 Å². The first kappa shape index (κ1) is 60.7. The van der Waals surface area contributed by atoms with Crippen molar-refractivity contribution in [3.63, 3.8) is 0 Å². The molecule has 0 N–H and O–H groups in total. The lowest BCUT2D eigenvalue weighted by atomic mass is 9.81. The van der Waals surface area contributed by atoms with Gasteiger partial charge in [0.05, 0.1) is 0 Å². The molecule has 0 bridgehead atoms. The first-order chi connectivity index (χ1) is 52.8. The van der Waals surface area contributed by atoms with Gasteiger partial charge in [0.2, 0.25) is 0 Å². The molecule has 4 heteroatoms. The maximum Gasteiger partial charge on any atom is 0.143 e. The zero-order valence-corrected chi connectivity index (χ0v) is 58.6. The number of hydrogen-bond donors (Lipinski definition) is 0. The Balaban J connectivity index is 0.000000133. The summed E-state index contributed by atoms with van der Waals surface area (Å²) in [4.78, 5) is 0. The van der Waals surface area contributed by atoms with Crippen LogP contribution < -0.4 is 0 Å². The predicted octanol–water partition coefficient (Wildman–Crippen LogP) is 29.6. The van der Waals surface area contributed by atoms with E-state index in [1.807, 2.05) is 24.3 Å². The minimum atomic E-state index is -0.0939. The predicted molar refractivity (Wildman–Crippen MR) is 448 cm³/mol. The summed E-state index contributed by atoms with van der Waals surface area (Å²) < 4.78 is 26.5. The van der Waals surface area contributed by atoms with Crippen molar-refractivity contribution >= 4 is 131 Å². The lowest BCUT2D eigenvalue weighted by Crippen LogP contribution is -2.14. The first-order valence-electron chi connectivity index (χ1n) is 36.8. The van der Waals surface area contributed by atoms with E-state index >= 15 is 0 Å². The Morgan fingerprint density at radius 2 is 0.486 bits per heavy atom. The Bertz CT molecular complexity index is 7350. The molecule has 23 rings (SSSR count). The molecule has 1 aliphatic rings. The fourth-order valence-corrected chi connectivity index (χ4v) is 18.1. The molecule has 0 fully saturated rings. The van der Waals surface area contributed by atoms with Crippen molar-refractivity contribution < 1.29 is 17.7 Å². The molecule has 0 spiro atoms. The number of para-hydroxylation sites is 4. The van der Waals surface area contributed by atoms with Gasteiger partial charge < -0.3 is 17.7 Å². The lowest BCUT2D eigenvalue weighted by Gasteiger charge is -2.22. The van der Waals surface area contributed by atoms with Gasteiger partial charge in [-0.3, -0.25) is 0 Å². The summed E-state index contributed by atoms with van der Waals surface area (Å²) >= 11 is 0. The van der Waals surface area contributed by atoms with Gasteiger partial charge in [-0.1, -0.05) is 299 Å². The van der Waals surface area contributed by atoms with E-state index in [0.29, 0.717) is 0 Å². The lowest BCUT2D eigenvalue weighted by molar-refractivity contribution is 0.660. The number of fused-ring (bicyclic) bond motifs is 19. The van der Waals surface area contributed by atoms with Gasteiger partial charge in [-0.25, -0.2) is 0 Å². The zero-order chi connectivity index (χ0) is 70.6. The summed E-state index contributed by atoms with van der Waals surface area (Å²) in [7, 11) is 0. The number of rotatable bonds is 7. The van der Waals surface area contributed by atoms with Crippen LogP contribution in [0.1, 0.15) is 25.0 Å². The van der Waals surface area contributed by atoms with Gasteiger partial charge in [0.15, 0.2) is 0 Å². The van der Waals surface area contributed by atoms with Crippen LogP contribution in [0, 0.1) is 0 Å². The largest absolute Gasteiger partial charge is 0.456 e. The van der Waals surface area contributed by atoms with E-state index in [1.54, 1.807) is 0 Å². The Morgan fingerprint density at radius 3 is 0.953 bits per heavy atom. The molecule has 0 amide bonds. The molecule has 0 radical (unpaired) electrons. The van der Waals surface area contributed by atoms with Crippen molar-refractivity contribution in [2.24, 2.45) is 0 Å². The quantitative estimate of drug-likeness (QED) is 0.149. The molecule has 22 aromatic rings. The Labute approximate surface area is 615 Å². The van der Waals surface area contributed by atoms with E-state index in [4.69, 9.17) is 17.7 Å². The van der Waals surface area contributed by atoms with Gasteiger partial charge in [-0.2, -0.15) is 0 Å². The highest BCUT2D eigenvalue weighted by Crippen LogP contribution is 2.54. The third kappa shape index (κ3) is 9.29. The Kier molecular flexibility index (Phi) is 13.4. The second-order valence-electron chi connectivity index (χ2n) is 29.1. The molecule has 4 aromatic heterocycles. The SMILES string of the molecule is CC1(C)c2ccccc2-c2ccc(-c3ccc(-c4c5ccccc5c(-c5ccc6c(c5)oc5ccccc56)c5ccccc45)c4c3oc3ccccc34)cc21.c1ccc(-c2ccc(-c3ccc(-c4c5ccccc5c(-c5ccc6c(c5)oc5ccccc56)c5ccccc45)c4c3oc3ccccc34)cc2)cc1. The molecule has 0 saturated carbocycles. The standard InChI is InChI=1S/C53H34O2.C50H30O2/c1-53(2)44-20-10-7-13-34(44)35-25-23-31(29-45(35)53)33-27-28-43(51-42-19-9-12-22-47(42)55-52(33)51)50-40-17-5-3-15-38(40)49(39-16-4-6-18-41(39)50)32-24-26-37-36-14-8-11-21-46(36)54-48(37)30-32;1-2-12-31(13-3-1)32-22-24-33(25-23-32)35-28-29-43(49-42-19-9-11-21-45(42)52-50(35)49)48-40-17-6-4-15-38(40)47(39-16-5-7-18-41(39)48)34-26-27-37-36-14-8-10-20-44(36)51-46(37)30-34/h3-30H,1-2H3;1-30H. The molecule has 0 saturated heterocycles. The molecular formula is C103H64O4. The van der Waals surface area contributed by atoms with Crippen LogP contribution >= 0.6 is 0 Å². The van der Waals surface area contributed by atoms with Crippen LogP contribution in [0.4, 0.5) is 0 Å². The fraction of sp³-hybridized carbons (Fsp3) is 0.0291. The normalized spacial score (nSPS) is 12.7. The van der Waals surface area contributed by atoms with E-state index < -0.39 is 0 Å². The number of benzene rings is 18. The van der Waals surface area contributed by atoms with Crippen LogP contribution in [0.25, 0.3) is 220 Å². The summed E-state index contributed by atoms with van der Waals surface area (Å²) in [5, 5.41) is 18.7. The maximum atomic E-state index is 6.91. The summed E-state index contributed by atoms with van der Waals surface area (Å²) in [5.74, 6) is 0. The molecule has 500 valence electrons. The molecule has 107 heavy (non-hydrogen) atoms. The van der Waals surface area contributed by atoms with E-state index in [0.717, 1.165) is 121 Å². The van der Waals surface area contributed by atoms with Crippen molar-refractivity contribution in [3.05, 3.63) is 363 Å². The van der Waals surface area contributed by atoms with Gasteiger partial charge in [0, 0.05) is 59.6 Å². The van der Waals surface area contributed by atoms with Crippen LogP contribution in [0.5, 0.6) is 0 Å². The van der Waals surface area contributed by atoms with Gasteiger partial charge in [0.25, 0.3) is 0 Å². The van der Waals surface area contributed by atoms with Crippen molar-refractivity contribution in [2.75, 3.05) is 0 Å². The van der Waals surface area contributed by atoms with Crippen molar-refractivity contribution in [1.29, 1.82) is 0 Å². The fourth-order valence-electron chi connectivity index (χ4n) is 18.1. The second kappa shape index (κ2) is 23.6. The highest BCUT2D eigenvalue weighted by atomic mass is 16.3. The molecule has 4 nitrogen and oxygen atoms in total. The summed E-state index contributed by atoms with van der Waals surface area (Å²) in [6.07, 6.45) is 0. The minimum absolute atomic E-state index is 0.0939. The molecule has 0 unspecified atom stereocenters. The molecule has 0 aliphatic heterocycles. The van der Waals surface area contributed by atoms with Crippen LogP contribution in [-0.4, -0.2) is 0 Å². The summed E-state index contributed by atoms with van der Waals surface area (Å²) in [5.41, 5.74) is 28.8. The van der Waals surface area contributed by atoms with Crippen molar-refractivity contribution in [2.45, 2.75) is 19.3 Å². The molecule has 18 aromatic carbocycles. The van der Waals surface area contributed by atoms with Gasteiger partial charge >= 0.3 is 0 Å². The Hall–Kier alpha value is -13.8. The van der Waals surface area contributed by atoms with Gasteiger partial charge in [0.1, 0.15) is 44.7 Å². The third-order valence-corrected chi connectivity index (χ3v) is 23.0. The van der Waals surface area contributed by atoms with Crippen LogP contribution in [0.2, 0.25) is 0 Å². The molecule has 0 atom stereocenters. The molecular weight excluding hydrogens is 1300 g/mol. The van der Waals surface area contributed by atoms with Crippen molar-refractivity contribution in [1.82, 2.24) is 0 Å². The van der Waals surface area contributed by atoms with Gasteiger partial charge in [-0.05, 0) is 199 Å². The summed E-state index contributed by atoms with van der Waals surface area (Å²) in [6.45, 7) is 4.69. The average molecular weight is 1370 g/mol. The van der Waals surface area contributed by atoms with E-state index in [-0.39, 0.29) is 5.41 Å². The highest BCUT2D eigenvalue weighted by Gasteiger charge is 2.36. The monoisotopic (exact) mass is 1360 g/mol. The number of hydrogen-bond acceptors (Lipinski definition) is 4. The van der Waals surface area contributed by atoms with Crippen molar-refractivity contribution in [3.8, 4) is 89.0 Å². The molecule has 4 heterocycles. The van der Waals surface area contributed by atoms with Crippen LogP contribution in [0.15, 0.2) is 370 Å². The minimum Gasteiger partial charge on any atom is -0.456 e. The summed E-state index contributed by atoms with van der Waals surface area (Å²) in [6, 6.07) is 127. The second-order valence-corrected chi connectivity index (χ2v) is 29.1. The van der Waals surface area contributed by atoms with Crippen LogP contribution in [-0.2, 0) is 5.41 Å². The maximum absolute atomic E-state index is 6.91. The molecule has 1 aliphatic carbocycles. The highest BCUT2D eigenvalue weighted by molar-refractivity contribution is 6.29. The van der Waals surface area contributed by atoms with Crippen LogP contribution in [0.3, 0.4) is 0 Å². The number of furan rings is 4. The van der Waals surface area contributed by atoms with Gasteiger partial charge in [-0.15, -0.1) is 0 Å². The topological polar surface area (TPSA) is 52.6 Å². The van der Waals surface area contributed by atoms with E-state index in [2.05, 4.69) is 341 Å². The smallest absolute Gasteiger partial charge is 0.143 e. The Morgan fingerprint density at radius 1 is 0.178 bits per heavy atom. The van der Waals surface area contributed by atoms with E-state index in [9.17, 15) is 0 Å². The third-order valence-electron chi connectivity index (χ3n) is 23.0. The first-order valence-corrected chi connectivity index (χ1v) is 36.8.